The molecule has 8 heteroatoms. The van der Waals surface area contributed by atoms with E-state index < -0.39 is 38.3 Å². The summed E-state index contributed by atoms with van der Waals surface area (Å²) in [5.74, 6) is 2.07. The zero-order valence-corrected chi connectivity index (χ0v) is 25.1. The second kappa shape index (κ2) is 10.5. The number of ether oxygens (including phenoxy) is 3. The van der Waals surface area contributed by atoms with E-state index in [0.29, 0.717) is 25.6 Å². The van der Waals surface area contributed by atoms with Crippen molar-refractivity contribution in [1.82, 2.24) is 0 Å². The van der Waals surface area contributed by atoms with Crippen LogP contribution in [0.2, 0.25) is 18.1 Å². The maximum Gasteiger partial charge on any atom is 0.192 e. The minimum atomic E-state index is -2.11. The van der Waals surface area contributed by atoms with Crippen molar-refractivity contribution in [3.05, 3.63) is 58.7 Å². The minimum Gasteiger partial charge on any atom is -0.486 e. The molecule has 3 N–H and O–H groups in total. The predicted molar refractivity (Wildman–Crippen MR) is 152 cm³/mol. The number of rotatable bonds is 7. The first kappa shape index (κ1) is 28.6. The summed E-state index contributed by atoms with van der Waals surface area (Å²) in [6, 6.07) is 12.3. The second-order valence-electron chi connectivity index (χ2n) is 13.1. The van der Waals surface area contributed by atoms with Crippen LogP contribution in [-0.4, -0.2) is 67.9 Å². The normalized spacial score (nSPS) is 29.4. The van der Waals surface area contributed by atoms with E-state index in [9.17, 15) is 15.3 Å². The molecule has 2 aliphatic heterocycles. The molecule has 0 amide bonds. The highest BCUT2D eigenvalue weighted by atomic mass is 28.4. The lowest BCUT2D eigenvalue weighted by Crippen LogP contribution is -2.63. The molecule has 2 aromatic rings. The molecular weight excluding hydrogens is 512 g/mol. The molecule has 5 atom stereocenters. The first-order chi connectivity index (χ1) is 18.3. The largest absolute Gasteiger partial charge is 0.486 e. The van der Waals surface area contributed by atoms with Crippen LogP contribution < -0.4 is 9.47 Å². The molecule has 0 radical (unpaired) electrons. The highest BCUT2D eigenvalue weighted by Gasteiger charge is 2.52. The van der Waals surface area contributed by atoms with E-state index in [1.807, 2.05) is 18.2 Å². The molecule has 39 heavy (non-hydrogen) atoms. The molecule has 0 aromatic heterocycles. The Labute approximate surface area is 233 Å². The number of fused-ring (bicyclic) bond motifs is 1. The maximum absolute atomic E-state index is 11.2. The molecule has 214 valence electrons. The molecule has 2 aromatic carbocycles. The highest BCUT2D eigenvalue weighted by Crippen LogP contribution is 2.45. The molecule has 7 nitrogen and oxygen atoms in total. The smallest absolute Gasteiger partial charge is 0.192 e. The third-order valence-electron chi connectivity index (χ3n) is 9.16. The van der Waals surface area contributed by atoms with Gasteiger partial charge in [-0.05, 0) is 84.6 Å². The van der Waals surface area contributed by atoms with Gasteiger partial charge in [-0.25, -0.2) is 0 Å². The fourth-order valence-corrected chi connectivity index (χ4v) is 6.36. The fraction of sp³-hybridized carbons (Fsp3) is 0.613. The summed E-state index contributed by atoms with van der Waals surface area (Å²) in [6.45, 7) is 13.8. The van der Waals surface area contributed by atoms with E-state index in [-0.39, 0.29) is 11.6 Å². The second-order valence-corrected chi connectivity index (χ2v) is 17.9. The number of hydrogen-bond acceptors (Lipinski definition) is 7. The third-order valence-corrected chi connectivity index (χ3v) is 13.7. The topological polar surface area (TPSA) is 97.6 Å². The van der Waals surface area contributed by atoms with E-state index >= 15 is 0 Å². The van der Waals surface area contributed by atoms with E-state index in [2.05, 4.69) is 52.1 Å². The number of hydrogen-bond donors (Lipinski definition) is 3. The summed E-state index contributed by atoms with van der Waals surface area (Å²) in [5, 5.41) is 33.0. The van der Waals surface area contributed by atoms with Crippen LogP contribution in [0.25, 0.3) is 0 Å². The lowest BCUT2D eigenvalue weighted by molar-refractivity contribution is -0.272. The molecule has 1 unspecified atom stereocenters. The van der Waals surface area contributed by atoms with Crippen molar-refractivity contribution in [1.29, 1.82) is 0 Å². The Hall–Kier alpha value is -1.94. The molecule has 1 saturated heterocycles. The molecule has 1 saturated carbocycles. The molecule has 2 heterocycles. The number of aliphatic hydroxyl groups excluding tert-OH is 3. The average Bonchev–Trinajstić information content (AvgIpc) is 3.73. The lowest BCUT2D eigenvalue weighted by Gasteiger charge is -2.48. The Kier molecular flexibility index (Phi) is 7.67. The van der Waals surface area contributed by atoms with Crippen molar-refractivity contribution in [2.24, 2.45) is 0 Å². The van der Waals surface area contributed by atoms with Gasteiger partial charge in [-0.1, -0.05) is 45.0 Å². The molecule has 0 spiro atoms. The quantitative estimate of drug-likeness (QED) is 0.427. The van der Waals surface area contributed by atoms with Crippen LogP contribution in [0.5, 0.6) is 11.5 Å². The summed E-state index contributed by atoms with van der Waals surface area (Å²) in [4.78, 5) is 0. The SMILES string of the molecule is CC1(c2ccc(C3CC3)c(Cc3ccc4c(c3)OCCO4)c2)O[C@H](CO[Si](C)(C)C(C)(C)C)[C@@H](O)[C@H](O)[C@H]1O. The summed E-state index contributed by atoms with van der Waals surface area (Å²) in [6.07, 6.45) is -1.64. The lowest BCUT2D eigenvalue weighted by atomic mass is 9.79. The van der Waals surface area contributed by atoms with Crippen molar-refractivity contribution in [2.45, 2.75) is 101 Å². The molecule has 3 aliphatic rings. The summed E-state index contributed by atoms with van der Waals surface area (Å²) < 4.78 is 24.3. The van der Waals surface area contributed by atoms with Crippen molar-refractivity contribution in [2.75, 3.05) is 19.8 Å². The van der Waals surface area contributed by atoms with Crippen molar-refractivity contribution in [3.63, 3.8) is 0 Å². The van der Waals surface area contributed by atoms with Crippen LogP contribution in [0.1, 0.15) is 68.7 Å². The molecule has 5 rings (SSSR count). The molecular formula is C31H44O7Si. The Balaban J connectivity index is 1.43. The minimum absolute atomic E-state index is 0.00452. The van der Waals surface area contributed by atoms with E-state index in [0.717, 1.165) is 22.6 Å². The first-order valence-corrected chi connectivity index (χ1v) is 17.1. The van der Waals surface area contributed by atoms with Crippen LogP contribution in [-0.2, 0) is 21.2 Å². The standard InChI is InChI=1S/C31H44O7Si/c1-30(2,3)39(5,6)37-18-26-27(32)28(33)29(34)31(4,38-26)22-10-11-23(20-8-9-20)21(17-22)15-19-7-12-24-25(16-19)36-14-13-35-24/h7,10-12,16-17,20,26-29,32-34H,8-9,13-15,18H2,1-6H3/t26-,27-,28+,29-,31?/m1/s1. The predicted octanol–water partition coefficient (Wildman–Crippen LogP) is 4.64. The van der Waals surface area contributed by atoms with Gasteiger partial charge in [0, 0.05) is 0 Å². The Morgan fingerprint density at radius 1 is 0.949 bits per heavy atom. The summed E-state index contributed by atoms with van der Waals surface area (Å²) in [5.41, 5.74) is 3.14. The van der Waals surface area contributed by atoms with Crippen LogP contribution in [0.4, 0.5) is 0 Å². The van der Waals surface area contributed by atoms with Gasteiger partial charge in [0.2, 0.25) is 0 Å². The monoisotopic (exact) mass is 556 g/mol. The zero-order valence-electron chi connectivity index (χ0n) is 24.1. The van der Waals surface area contributed by atoms with Gasteiger partial charge < -0.3 is 34.0 Å². The van der Waals surface area contributed by atoms with E-state index in [1.165, 1.54) is 24.0 Å². The van der Waals surface area contributed by atoms with Gasteiger partial charge in [0.15, 0.2) is 19.8 Å². The maximum atomic E-state index is 11.2. The van der Waals surface area contributed by atoms with Crippen LogP contribution in [0.3, 0.4) is 0 Å². The van der Waals surface area contributed by atoms with Gasteiger partial charge >= 0.3 is 0 Å². The van der Waals surface area contributed by atoms with E-state index in [1.54, 1.807) is 6.92 Å². The first-order valence-electron chi connectivity index (χ1n) is 14.2. The van der Waals surface area contributed by atoms with Gasteiger partial charge in [0.25, 0.3) is 0 Å². The third kappa shape index (κ3) is 5.65. The summed E-state index contributed by atoms with van der Waals surface area (Å²) in [7, 11) is -2.11. The Bertz CT molecular complexity index is 1190. The van der Waals surface area contributed by atoms with Gasteiger partial charge in [-0.2, -0.15) is 0 Å². The molecule has 1 aliphatic carbocycles. The van der Waals surface area contributed by atoms with Gasteiger partial charge in [-0.15, -0.1) is 0 Å². The van der Waals surface area contributed by atoms with Crippen molar-refractivity contribution in [3.8, 4) is 11.5 Å². The van der Waals surface area contributed by atoms with Crippen LogP contribution in [0.15, 0.2) is 36.4 Å². The van der Waals surface area contributed by atoms with Gasteiger partial charge in [0.1, 0.15) is 43.2 Å². The zero-order chi connectivity index (χ0) is 28.2. The molecule has 0 bridgehead atoms. The van der Waals surface area contributed by atoms with Gasteiger partial charge in [0.05, 0.1) is 6.61 Å². The number of aliphatic hydroxyl groups is 3. The van der Waals surface area contributed by atoms with Gasteiger partial charge in [-0.3, -0.25) is 0 Å². The van der Waals surface area contributed by atoms with E-state index in [4.69, 9.17) is 18.6 Å². The van der Waals surface area contributed by atoms with Crippen molar-refractivity contribution < 1.29 is 34.0 Å². The van der Waals surface area contributed by atoms with Crippen LogP contribution in [0, 0.1) is 0 Å². The Morgan fingerprint density at radius 3 is 2.31 bits per heavy atom. The summed E-state index contributed by atoms with van der Waals surface area (Å²) >= 11 is 0. The highest BCUT2D eigenvalue weighted by molar-refractivity contribution is 6.74. The van der Waals surface area contributed by atoms with Crippen molar-refractivity contribution >= 4 is 8.32 Å². The average molecular weight is 557 g/mol. The number of benzene rings is 2. The Morgan fingerprint density at radius 2 is 1.64 bits per heavy atom. The van der Waals surface area contributed by atoms with Crippen LogP contribution >= 0.6 is 0 Å². The molecule has 2 fully saturated rings. The fourth-order valence-electron chi connectivity index (χ4n) is 5.34.